The minimum absolute atomic E-state index is 0. The standard InChI is InChI=1S/C15H22N2O2.ClH/c1-19-10-14(16)15(18)17-9-12-7-4-6-11-5-2-3-8-13(11)12;/h2-3,5,8,12,14H,4,6-7,9-10,16H2,1H3,(H,17,18);1H. The van der Waals surface area contributed by atoms with Crippen LogP contribution < -0.4 is 11.1 Å². The normalized spacial score (nSPS) is 18.6. The van der Waals surface area contributed by atoms with Gasteiger partial charge in [0, 0.05) is 19.6 Å². The van der Waals surface area contributed by atoms with E-state index in [-0.39, 0.29) is 24.9 Å². The monoisotopic (exact) mass is 298 g/mol. The van der Waals surface area contributed by atoms with E-state index in [0.29, 0.717) is 12.5 Å². The van der Waals surface area contributed by atoms with E-state index >= 15 is 0 Å². The molecule has 1 amide bonds. The van der Waals surface area contributed by atoms with Crippen LogP contribution in [0.3, 0.4) is 0 Å². The molecule has 1 aliphatic carbocycles. The smallest absolute Gasteiger partial charge is 0.239 e. The molecule has 0 saturated heterocycles. The van der Waals surface area contributed by atoms with Gasteiger partial charge in [-0.1, -0.05) is 24.3 Å². The van der Waals surface area contributed by atoms with Crippen molar-refractivity contribution >= 4 is 18.3 Å². The first kappa shape index (κ1) is 17.0. The van der Waals surface area contributed by atoms with Crippen LogP contribution in [0.5, 0.6) is 0 Å². The molecule has 5 heteroatoms. The molecule has 3 N–H and O–H groups in total. The van der Waals surface area contributed by atoms with Crippen molar-refractivity contribution in [1.82, 2.24) is 5.32 Å². The largest absolute Gasteiger partial charge is 0.383 e. The zero-order valence-corrected chi connectivity index (χ0v) is 12.6. The molecular formula is C15H23ClN2O2. The first-order valence-electron chi connectivity index (χ1n) is 6.82. The number of halogens is 1. The fourth-order valence-electron chi connectivity index (χ4n) is 2.68. The van der Waals surface area contributed by atoms with Gasteiger partial charge in [0.15, 0.2) is 0 Å². The number of aryl methyl sites for hydroxylation is 1. The summed E-state index contributed by atoms with van der Waals surface area (Å²) in [6.07, 6.45) is 3.45. The third-order valence-corrected chi connectivity index (χ3v) is 3.70. The third-order valence-electron chi connectivity index (χ3n) is 3.70. The summed E-state index contributed by atoms with van der Waals surface area (Å²) in [7, 11) is 1.55. The molecule has 1 aromatic carbocycles. The molecule has 0 aliphatic heterocycles. The van der Waals surface area contributed by atoms with Crippen LogP contribution in [0.2, 0.25) is 0 Å². The van der Waals surface area contributed by atoms with Gasteiger partial charge in [-0.15, -0.1) is 12.4 Å². The zero-order chi connectivity index (χ0) is 13.7. The van der Waals surface area contributed by atoms with E-state index in [9.17, 15) is 4.79 Å². The van der Waals surface area contributed by atoms with Crippen LogP contribution in [0.15, 0.2) is 24.3 Å². The van der Waals surface area contributed by atoms with Crippen molar-refractivity contribution < 1.29 is 9.53 Å². The number of amides is 1. The molecule has 2 rings (SSSR count). The summed E-state index contributed by atoms with van der Waals surface area (Å²) < 4.78 is 4.89. The molecule has 2 unspecified atom stereocenters. The Kier molecular flexibility index (Phi) is 6.99. The van der Waals surface area contributed by atoms with E-state index in [4.69, 9.17) is 10.5 Å². The van der Waals surface area contributed by atoms with Crippen LogP contribution in [-0.4, -0.2) is 32.2 Å². The molecule has 0 fully saturated rings. The predicted molar refractivity (Wildman–Crippen MR) is 82.2 cm³/mol. The summed E-state index contributed by atoms with van der Waals surface area (Å²) in [4.78, 5) is 11.8. The zero-order valence-electron chi connectivity index (χ0n) is 11.8. The van der Waals surface area contributed by atoms with Crippen molar-refractivity contribution in [3.63, 3.8) is 0 Å². The van der Waals surface area contributed by atoms with Gasteiger partial charge in [0.25, 0.3) is 0 Å². The number of ether oxygens (including phenoxy) is 1. The van der Waals surface area contributed by atoms with Gasteiger partial charge in [-0.25, -0.2) is 0 Å². The summed E-state index contributed by atoms with van der Waals surface area (Å²) in [6.45, 7) is 0.917. The second kappa shape index (κ2) is 8.25. The molecule has 0 bridgehead atoms. The molecule has 0 heterocycles. The van der Waals surface area contributed by atoms with E-state index in [1.165, 1.54) is 17.5 Å². The highest BCUT2D eigenvalue weighted by Gasteiger charge is 2.21. The molecule has 0 saturated carbocycles. The van der Waals surface area contributed by atoms with Crippen LogP contribution in [-0.2, 0) is 16.0 Å². The van der Waals surface area contributed by atoms with Gasteiger partial charge in [0.1, 0.15) is 6.04 Å². The molecule has 2 atom stereocenters. The summed E-state index contributed by atoms with van der Waals surface area (Å²) in [5.41, 5.74) is 8.48. The summed E-state index contributed by atoms with van der Waals surface area (Å²) in [5.74, 6) is 0.272. The van der Waals surface area contributed by atoms with Gasteiger partial charge < -0.3 is 15.8 Å². The van der Waals surface area contributed by atoms with E-state index in [1.54, 1.807) is 7.11 Å². The lowest BCUT2D eigenvalue weighted by Gasteiger charge is -2.26. The molecule has 1 aromatic rings. The quantitative estimate of drug-likeness (QED) is 0.868. The Morgan fingerprint density at radius 2 is 2.25 bits per heavy atom. The number of carbonyl (C=O) groups is 1. The number of nitrogens with two attached hydrogens (primary N) is 1. The molecular weight excluding hydrogens is 276 g/mol. The number of hydrogen-bond acceptors (Lipinski definition) is 3. The van der Waals surface area contributed by atoms with Crippen LogP contribution in [0.25, 0.3) is 0 Å². The van der Waals surface area contributed by atoms with Crippen molar-refractivity contribution in [2.24, 2.45) is 5.73 Å². The molecule has 4 nitrogen and oxygen atoms in total. The maximum Gasteiger partial charge on any atom is 0.239 e. The molecule has 0 spiro atoms. The highest BCUT2D eigenvalue weighted by Crippen LogP contribution is 2.30. The maximum absolute atomic E-state index is 11.8. The fraction of sp³-hybridized carbons (Fsp3) is 0.533. The van der Waals surface area contributed by atoms with Crippen molar-refractivity contribution in [2.75, 3.05) is 20.3 Å². The number of fused-ring (bicyclic) bond motifs is 1. The van der Waals surface area contributed by atoms with Gasteiger partial charge in [-0.3, -0.25) is 4.79 Å². The lowest BCUT2D eigenvalue weighted by molar-refractivity contribution is -0.123. The van der Waals surface area contributed by atoms with Crippen molar-refractivity contribution in [3.05, 3.63) is 35.4 Å². The van der Waals surface area contributed by atoms with Crippen LogP contribution in [0.4, 0.5) is 0 Å². The molecule has 1 aliphatic rings. The first-order valence-corrected chi connectivity index (χ1v) is 6.82. The maximum atomic E-state index is 11.8. The second-order valence-corrected chi connectivity index (χ2v) is 5.09. The Morgan fingerprint density at radius 1 is 1.50 bits per heavy atom. The van der Waals surface area contributed by atoms with Crippen LogP contribution in [0.1, 0.15) is 29.9 Å². The summed E-state index contributed by atoms with van der Waals surface area (Å²) in [6, 6.07) is 7.91. The minimum Gasteiger partial charge on any atom is -0.383 e. The molecule has 20 heavy (non-hydrogen) atoms. The topological polar surface area (TPSA) is 64.3 Å². The number of carbonyl (C=O) groups excluding carboxylic acids is 1. The average Bonchev–Trinajstić information content (AvgIpc) is 2.45. The Bertz CT molecular complexity index is 440. The predicted octanol–water partition coefficient (Wildman–Crippen LogP) is 1.62. The third kappa shape index (κ3) is 4.20. The first-order chi connectivity index (χ1) is 9.22. The van der Waals surface area contributed by atoms with Crippen molar-refractivity contribution in [1.29, 1.82) is 0 Å². The second-order valence-electron chi connectivity index (χ2n) is 5.09. The van der Waals surface area contributed by atoms with Gasteiger partial charge in [0.2, 0.25) is 5.91 Å². The Labute approximate surface area is 126 Å². The van der Waals surface area contributed by atoms with Gasteiger partial charge >= 0.3 is 0 Å². The number of hydrogen-bond donors (Lipinski definition) is 2. The van der Waals surface area contributed by atoms with Gasteiger partial charge in [0.05, 0.1) is 6.61 Å². The lowest BCUT2D eigenvalue weighted by Crippen LogP contribution is -2.44. The van der Waals surface area contributed by atoms with E-state index in [1.807, 2.05) is 0 Å². The van der Waals surface area contributed by atoms with E-state index in [0.717, 1.165) is 12.8 Å². The Balaban J connectivity index is 0.00000200. The summed E-state index contributed by atoms with van der Waals surface area (Å²) >= 11 is 0. The van der Waals surface area contributed by atoms with Crippen LogP contribution >= 0.6 is 12.4 Å². The van der Waals surface area contributed by atoms with Gasteiger partial charge in [-0.2, -0.15) is 0 Å². The van der Waals surface area contributed by atoms with Crippen molar-refractivity contribution in [2.45, 2.75) is 31.2 Å². The average molecular weight is 299 g/mol. The Hall–Kier alpha value is -1.10. The van der Waals surface area contributed by atoms with Crippen molar-refractivity contribution in [3.8, 4) is 0 Å². The number of benzene rings is 1. The highest BCUT2D eigenvalue weighted by atomic mass is 35.5. The number of methoxy groups -OCH3 is 1. The lowest BCUT2D eigenvalue weighted by atomic mass is 9.83. The molecule has 0 aromatic heterocycles. The fourth-order valence-corrected chi connectivity index (χ4v) is 2.68. The molecule has 112 valence electrons. The highest BCUT2D eigenvalue weighted by molar-refractivity contribution is 5.85. The number of nitrogens with one attached hydrogen (secondary N) is 1. The number of rotatable bonds is 5. The SMILES string of the molecule is COCC(N)C(=O)NCC1CCCc2ccccc21.Cl. The van der Waals surface area contributed by atoms with Gasteiger partial charge in [-0.05, 0) is 30.4 Å². The van der Waals surface area contributed by atoms with E-state index < -0.39 is 6.04 Å². The summed E-state index contributed by atoms with van der Waals surface area (Å²) in [5, 5.41) is 2.93. The minimum atomic E-state index is -0.580. The van der Waals surface area contributed by atoms with E-state index in [2.05, 4.69) is 29.6 Å². The Morgan fingerprint density at radius 3 is 3.00 bits per heavy atom. The molecule has 0 radical (unpaired) electrons. The van der Waals surface area contributed by atoms with Crippen LogP contribution in [0, 0.1) is 0 Å².